The van der Waals surface area contributed by atoms with Gasteiger partial charge in [-0.1, -0.05) is 13.3 Å². The van der Waals surface area contributed by atoms with Crippen LogP contribution in [0.5, 0.6) is 0 Å². The minimum Gasteiger partial charge on any atom is -0.353 e. The van der Waals surface area contributed by atoms with Crippen molar-refractivity contribution >= 4 is 27.0 Å². The van der Waals surface area contributed by atoms with Gasteiger partial charge in [0.15, 0.2) is 0 Å². The zero-order valence-corrected chi connectivity index (χ0v) is 20.6. The molecule has 1 amide bonds. The molecule has 178 valence electrons. The molecule has 1 fully saturated rings. The van der Waals surface area contributed by atoms with E-state index in [4.69, 9.17) is 0 Å². The fourth-order valence-electron chi connectivity index (χ4n) is 4.28. The number of sulfonamides is 1. The number of aromatic nitrogens is 2. The maximum atomic E-state index is 12.6. The summed E-state index contributed by atoms with van der Waals surface area (Å²) in [5, 5.41) is 3.19. The molecule has 1 N–H and O–H groups in total. The number of hydrogen-bond donors (Lipinski definition) is 1. The molecule has 8 nitrogen and oxygen atoms in total. The molecule has 0 bridgehead atoms. The average Bonchev–Trinajstić information content (AvgIpc) is 3.13. The summed E-state index contributed by atoms with van der Waals surface area (Å²) < 4.78 is 28.2. The van der Waals surface area contributed by atoms with Crippen molar-refractivity contribution in [1.29, 1.82) is 0 Å². The number of likely N-dealkylation sites (tertiary alicyclic amines) is 1. The smallest absolute Gasteiger partial charge is 0.242 e. The molecule has 32 heavy (non-hydrogen) atoms. The molecule has 0 saturated carbocycles. The summed E-state index contributed by atoms with van der Waals surface area (Å²) in [7, 11) is -0.479. The number of amides is 1. The van der Waals surface area contributed by atoms with Gasteiger partial charge in [-0.05, 0) is 50.9 Å². The Kier molecular flexibility index (Phi) is 8.30. The van der Waals surface area contributed by atoms with Crippen LogP contribution in [0.2, 0.25) is 0 Å². The molecule has 2 heterocycles. The van der Waals surface area contributed by atoms with Crippen molar-refractivity contribution in [3.8, 4) is 0 Å². The highest BCUT2D eigenvalue weighted by atomic mass is 32.2. The zero-order valence-electron chi connectivity index (χ0n) is 19.8. The van der Waals surface area contributed by atoms with Crippen LogP contribution in [0.4, 0.5) is 0 Å². The number of carbonyl (C=O) groups is 1. The summed E-state index contributed by atoms with van der Waals surface area (Å²) in [5.74, 6) is 0.869. The monoisotopic (exact) mass is 463 g/mol. The summed E-state index contributed by atoms with van der Waals surface area (Å²) in [4.78, 5) is 19.9. The van der Waals surface area contributed by atoms with E-state index in [1.54, 1.807) is 18.2 Å². The molecule has 2 aromatic rings. The number of piperidine rings is 1. The maximum Gasteiger partial charge on any atom is 0.242 e. The van der Waals surface area contributed by atoms with E-state index in [1.165, 1.54) is 31.2 Å². The molecule has 0 radical (unpaired) electrons. The van der Waals surface area contributed by atoms with E-state index in [0.717, 1.165) is 43.8 Å². The first-order valence-electron chi connectivity index (χ1n) is 11.7. The molecular weight excluding hydrogens is 426 g/mol. The quantitative estimate of drug-likeness (QED) is 0.585. The van der Waals surface area contributed by atoms with Crippen LogP contribution < -0.4 is 5.32 Å². The zero-order chi connectivity index (χ0) is 23.3. The first-order chi connectivity index (χ1) is 15.3. The third-order valence-corrected chi connectivity index (χ3v) is 8.06. The van der Waals surface area contributed by atoms with Gasteiger partial charge in [-0.25, -0.2) is 17.7 Å². The molecule has 0 atom stereocenters. The van der Waals surface area contributed by atoms with Gasteiger partial charge in [0.2, 0.25) is 15.9 Å². The van der Waals surface area contributed by atoms with Gasteiger partial charge < -0.3 is 14.8 Å². The molecule has 0 unspecified atom stereocenters. The van der Waals surface area contributed by atoms with E-state index in [9.17, 15) is 13.2 Å². The lowest BCUT2D eigenvalue weighted by molar-refractivity contribution is -0.122. The first-order valence-corrected chi connectivity index (χ1v) is 13.1. The van der Waals surface area contributed by atoms with Crippen molar-refractivity contribution in [1.82, 2.24) is 24.1 Å². The van der Waals surface area contributed by atoms with Crippen molar-refractivity contribution in [2.45, 2.75) is 69.9 Å². The molecule has 1 aliphatic heterocycles. The Morgan fingerprint density at radius 3 is 2.56 bits per heavy atom. The summed E-state index contributed by atoms with van der Waals surface area (Å²) in [6.45, 7) is 8.21. The fraction of sp³-hybridized carbons (Fsp3) is 0.652. The number of carbonyl (C=O) groups excluding carboxylic acids is 1. The Morgan fingerprint density at radius 1 is 1.22 bits per heavy atom. The summed E-state index contributed by atoms with van der Waals surface area (Å²) in [6.07, 6.45) is 5.36. The number of fused-ring (bicyclic) bond motifs is 1. The van der Waals surface area contributed by atoms with Gasteiger partial charge in [-0.15, -0.1) is 0 Å². The van der Waals surface area contributed by atoms with E-state index in [-0.39, 0.29) is 16.8 Å². The third-order valence-electron chi connectivity index (χ3n) is 6.25. The molecule has 1 aliphatic rings. The summed E-state index contributed by atoms with van der Waals surface area (Å²) >= 11 is 0. The highest BCUT2D eigenvalue weighted by Crippen LogP contribution is 2.23. The first kappa shape index (κ1) is 24.7. The molecule has 0 spiro atoms. The van der Waals surface area contributed by atoms with Gasteiger partial charge in [0.05, 0.1) is 15.9 Å². The number of benzene rings is 1. The van der Waals surface area contributed by atoms with Crippen LogP contribution in [0.1, 0.15) is 51.8 Å². The Labute approximate surface area is 192 Å². The second-order valence-electron chi connectivity index (χ2n) is 8.75. The molecule has 1 aromatic carbocycles. The van der Waals surface area contributed by atoms with Gasteiger partial charge in [0, 0.05) is 52.6 Å². The van der Waals surface area contributed by atoms with Crippen LogP contribution in [-0.2, 0) is 27.8 Å². The van der Waals surface area contributed by atoms with Crippen LogP contribution in [0.25, 0.3) is 11.0 Å². The lowest BCUT2D eigenvalue weighted by Gasteiger charge is -2.32. The average molecular weight is 464 g/mol. The number of aryl methyl sites for hydroxylation is 2. The van der Waals surface area contributed by atoms with Crippen LogP contribution in [0.15, 0.2) is 23.1 Å². The third kappa shape index (κ3) is 5.68. The maximum absolute atomic E-state index is 12.6. The number of unbranched alkanes of at least 4 members (excludes halogenated alkanes) is 1. The van der Waals surface area contributed by atoms with Crippen molar-refractivity contribution in [2.24, 2.45) is 0 Å². The standard InChI is InChI=1S/C23H37N5O3S/c1-5-7-14-27-15-12-18(13-16-27)24-23(29)11-10-22-25-20-17-19(32(30,31)26(3)4)8-9-21(20)28(22)6-2/h8-9,17-18H,5-7,10-16H2,1-4H3,(H,24,29). The normalized spacial score (nSPS) is 16.2. The van der Waals surface area contributed by atoms with Gasteiger partial charge in [0.25, 0.3) is 0 Å². The summed E-state index contributed by atoms with van der Waals surface area (Å²) in [5.41, 5.74) is 1.53. The number of hydrogen-bond acceptors (Lipinski definition) is 5. The lowest BCUT2D eigenvalue weighted by atomic mass is 10.0. The Bertz CT molecular complexity index is 1020. The minimum atomic E-state index is -3.51. The minimum absolute atomic E-state index is 0.0580. The molecule has 3 rings (SSSR count). The van der Waals surface area contributed by atoms with E-state index in [1.807, 2.05) is 6.92 Å². The SMILES string of the molecule is CCCCN1CCC(NC(=O)CCc2nc3cc(S(=O)(=O)N(C)C)ccc3n2CC)CC1. The van der Waals surface area contributed by atoms with Crippen molar-refractivity contribution in [3.05, 3.63) is 24.0 Å². The molecule has 0 aliphatic carbocycles. The van der Waals surface area contributed by atoms with E-state index in [0.29, 0.717) is 24.9 Å². The predicted molar refractivity (Wildman–Crippen MR) is 127 cm³/mol. The predicted octanol–water partition coefficient (Wildman–Crippen LogP) is 2.62. The second-order valence-corrected chi connectivity index (χ2v) is 10.9. The fourth-order valence-corrected chi connectivity index (χ4v) is 5.20. The van der Waals surface area contributed by atoms with Crippen LogP contribution in [0.3, 0.4) is 0 Å². The Morgan fingerprint density at radius 2 is 1.94 bits per heavy atom. The van der Waals surface area contributed by atoms with Gasteiger partial charge in [-0.3, -0.25) is 4.79 Å². The Balaban J connectivity index is 1.61. The number of nitrogens with zero attached hydrogens (tertiary/aromatic N) is 4. The van der Waals surface area contributed by atoms with E-state index < -0.39 is 10.0 Å². The number of rotatable bonds is 10. The van der Waals surface area contributed by atoms with Crippen LogP contribution in [0, 0.1) is 0 Å². The number of imidazole rings is 1. The molecular formula is C23H37N5O3S. The van der Waals surface area contributed by atoms with Gasteiger partial charge in [0.1, 0.15) is 5.82 Å². The van der Waals surface area contributed by atoms with Crippen molar-refractivity contribution in [2.75, 3.05) is 33.7 Å². The Hall–Kier alpha value is -1.97. The number of nitrogens with one attached hydrogen (secondary N) is 1. The van der Waals surface area contributed by atoms with E-state index >= 15 is 0 Å². The topological polar surface area (TPSA) is 87.5 Å². The lowest BCUT2D eigenvalue weighted by Crippen LogP contribution is -2.44. The largest absolute Gasteiger partial charge is 0.353 e. The van der Waals surface area contributed by atoms with Gasteiger partial charge in [-0.2, -0.15) is 0 Å². The second kappa shape index (κ2) is 10.8. The highest BCUT2D eigenvalue weighted by Gasteiger charge is 2.22. The summed E-state index contributed by atoms with van der Waals surface area (Å²) in [6, 6.07) is 5.30. The van der Waals surface area contributed by atoms with Crippen molar-refractivity contribution in [3.63, 3.8) is 0 Å². The van der Waals surface area contributed by atoms with Gasteiger partial charge >= 0.3 is 0 Å². The molecule has 1 aromatic heterocycles. The highest BCUT2D eigenvalue weighted by molar-refractivity contribution is 7.89. The van der Waals surface area contributed by atoms with Crippen LogP contribution >= 0.6 is 0 Å². The van der Waals surface area contributed by atoms with E-state index in [2.05, 4.69) is 26.7 Å². The van der Waals surface area contributed by atoms with Crippen molar-refractivity contribution < 1.29 is 13.2 Å². The molecule has 1 saturated heterocycles. The van der Waals surface area contributed by atoms with Crippen LogP contribution in [-0.4, -0.2) is 72.9 Å². The molecule has 9 heteroatoms.